The molecule has 4 amide bonds. The Morgan fingerprint density at radius 1 is 1.00 bits per heavy atom. The quantitative estimate of drug-likeness (QED) is 0.248. The van der Waals surface area contributed by atoms with E-state index in [1.165, 1.54) is 37.6 Å². The maximum absolute atomic E-state index is 15.8. The highest BCUT2D eigenvalue weighted by Crippen LogP contribution is 2.34. The molecule has 280 valence electrons. The molecule has 2 aromatic heterocycles. The van der Waals surface area contributed by atoms with Gasteiger partial charge in [-0.05, 0) is 73.1 Å². The van der Waals surface area contributed by atoms with E-state index in [1.807, 2.05) is 7.05 Å². The zero-order valence-electron chi connectivity index (χ0n) is 29.5. The van der Waals surface area contributed by atoms with Crippen LogP contribution in [0.3, 0.4) is 0 Å². The van der Waals surface area contributed by atoms with Crippen molar-refractivity contribution in [3.05, 3.63) is 70.6 Å². The van der Waals surface area contributed by atoms with Crippen molar-refractivity contribution < 1.29 is 37.1 Å². The predicted octanol–water partition coefficient (Wildman–Crippen LogP) is 4.40. The number of carbonyl (C=O) groups is 4. The number of ether oxygens (including phenoxy) is 1. The van der Waals surface area contributed by atoms with Crippen LogP contribution in [0, 0.1) is 17.7 Å². The fourth-order valence-corrected chi connectivity index (χ4v) is 7.05. The SMILES string of the molecule is COc1ccc(C(F)(F)C(=O)N[C@H](C(=O)Nc2ccc([C@H](C)[C@@H](NC(=O)c3ccns3)C(=O)N3CCN(C)CC3)cc2F)C2CCC(C)CC2)cn1. The molecule has 0 spiro atoms. The van der Waals surface area contributed by atoms with E-state index >= 15 is 13.2 Å². The zero-order chi connectivity index (χ0) is 37.6. The normalized spacial score (nSPS) is 19.9. The molecule has 16 heteroatoms. The third kappa shape index (κ3) is 9.07. The van der Waals surface area contributed by atoms with Crippen LogP contribution in [0.4, 0.5) is 18.9 Å². The molecule has 52 heavy (non-hydrogen) atoms. The lowest BCUT2D eigenvalue weighted by Crippen LogP contribution is -2.55. The molecule has 1 aliphatic heterocycles. The molecule has 0 unspecified atom stereocenters. The summed E-state index contributed by atoms with van der Waals surface area (Å²) in [6.07, 6.45) is 4.79. The molecular weight excluding hydrogens is 700 g/mol. The Balaban J connectivity index is 1.34. The maximum Gasteiger partial charge on any atom is 0.351 e. The van der Waals surface area contributed by atoms with Gasteiger partial charge in [0.05, 0.1) is 12.8 Å². The first-order valence-corrected chi connectivity index (χ1v) is 18.0. The summed E-state index contributed by atoms with van der Waals surface area (Å²) in [5.41, 5.74) is -0.525. The van der Waals surface area contributed by atoms with E-state index < -0.39 is 58.9 Å². The van der Waals surface area contributed by atoms with Crippen LogP contribution < -0.4 is 20.7 Å². The van der Waals surface area contributed by atoms with Gasteiger partial charge in [0.25, 0.3) is 11.8 Å². The number of hydrogen-bond donors (Lipinski definition) is 3. The third-order valence-corrected chi connectivity index (χ3v) is 10.7. The van der Waals surface area contributed by atoms with Crippen molar-refractivity contribution in [1.29, 1.82) is 0 Å². The maximum atomic E-state index is 15.8. The molecule has 3 N–H and O–H groups in total. The van der Waals surface area contributed by atoms with E-state index in [0.29, 0.717) is 55.4 Å². The van der Waals surface area contributed by atoms with Crippen molar-refractivity contribution in [2.75, 3.05) is 45.7 Å². The summed E-state index contributed by atoms with van der Waals surface area (Å²) < 4.78 is 55.3. The number of likely N-dealkylation sites (N-methyl/N-ethyl adjacent to an activating group) is 1. The van der Waals surface area contributed by atoms with E-state index in [9.17, 15) is 19.2 Å². The molecule has 0 bridgehead atoms. The second-order valence-electron chi connectivity index (χ2n) is 13.6. The Bertz CT molecular complexity index is 1710. The first-order chi connectivity index (χ1) is 24.8. The number of benzene rings is 1. The van der Waals surface area contributed by atoms with Gasteiger partial charge in [-0.3, -0.25) is 19.2 Å². The van der Waals surface area contributed by atoms with Crippen LogP contribution >= 0.6 is 11.5 Å². The van der Waals surface area contributed by atoms with Gasteiger partial charge < -0.3 is 30.5 Å². The van der Waals surface area contributed by atoms with Crippen molar-refractivity contribution in [2.24, 2.45) is 11.8 Å². The zero-order valence-corrected chi connectivity index (χ0v) is 30.4. The molecule has 3 atom stereocenters. The number of amides is 4. The van der Waals surface area contributed by atoms with E-state index in [0.717, 1.165) is 36.6 Å². The smallest absolute Gasteiger partial charge is 0.351 e. The fourth-order valence-electron chi connectivity index (χ4n) is 6.55. The van der Waals surface area contributed by atoms with Crippen LogP contribution in [-0.4, -0.2) is 95.2 Å². The highest BCUT2D eigenvalue weighted by molar-refractivity contribution is 7.08. The second-order valence-corrected chi connectivity index (χ2v) is 14.4. The lowest BCUT2D eigenvalue weighted by atomic mass is 9.79. The molecule has 3 aromatic rings. The van der Waals surface area contributed by atoms with Crippen LogP contribution in [0.1, 0.15) is 66.2 Å². The number of nitrogens with one attached hydrogen (secondary N) is 3. The molecule has 2 aliphatic rings. The fraction of sp³-hybridized carbons (Fsp3) is 0.500. The molecule has 1 saturated heterocycles. The Morgan fingerprint density at radius 3 is 2.31 bits per heavy atom. The molecule has 1 saturated carbocycles. The molecule has 1 aliphatic carbocycles. The van der Waals surface area contributed by atoms with Crippen LogP contribution in [0.15, 0.2) is 48.8 Å². The van der Waals surface area contributed by atoms with Crippen LogP contribution in [0.5, 0.6) is 5.88 Å². The number of anilines is 1. The van der Waals surface area contributed by atoms with Gasteiger partial charge in [0.2, 0.25) is 17.7 Å². The number of hydrogen-bond acceptors (Lipinski definition) is 9. The van der Waals surface area contributed by atoms with Gasteiger partial charge in [0, 0.05) is 56.1 Å². The Morgan fingerprint density at radius 2 is 1.71 bits per heavy atom. The number of methoxy groups -OCH3 is 1. The highest BCUT2D eigenvalue weighted by atomic mass is 32.1. The average molecular weight is 744 g/mol. The second kappa shape index (κ2) is 16.8. The lowest BCUT2D eigenvalue weighted by molar-refractivity contribution is -0.149. The van der Waals surface area contributed by atoms with Gasteiger partial charge in [-0.1, -0.05) is 32.8 Å². The van der Waals surface area contributed by atoms with E-state index in [1.54, 1.807) is 17.9 Å². The highest BCUT2D eigenvalue weighted by Gasteiger charge is 2.45. The van der Waals surface area contributed by atoms with Crippen molar-refractivity contribution in [3.63, 3.8) is 0 Å². The molecular formula is C36H44F3N7O5S. The number of halogens is 3. The number of piperazine rings is 1. The average Bonchev–Trinajstić information content (AvgIpc) is 3.69. The number of pyridine rings is 1. The summed E-state index contributed by atoms with van der Waals surface area (Å²) in [6, 6.07) is 5.39. The Kier molecular flexibility index (Phi) is 12.5. The monoisotopic (exact) mass is 743 g/mol. The van der Waals surface area contributed by atoms with Gasteiger partial charge in [-0.15, -0.1) is 0 Å². The van der Waals surface area contributed by atoms with E-state index in [-0.39, 0.29) is 17.5 Å². The summed E-state index contributed by atoms with van der Waals surface area (Å²) in [5.74, 6) is -8.85. The number of aromatic nitrogens is 2. The standard InChI is InChI=1S/C36H44F3N7O5S/c1-21-5-7-23(8-6-21)31(44-35(50)36(38,39)25-10-12-29(51-4)40-20-25)33(48)42-27-11-9-24(19-26(27)37)22(2)30(43-32(47)28-13-14-41-52-28)34(49)46-17-15-45(3)16-18-46/h9-14,19-23,30-31H,5-8,15-18H2,1-4H3,(H,42,48)(H,43,47)(H,44,50)/t21?,22-,23?,30+,31-/m0/s1. The largest absolute Gasteiger partial charge is 0.481 e. The molecule has 2 fully saturated rings. The number of alkyl halides is 2. The Labute approximate surface area is 304 Å². The first-order valence-electron chi connectivity index (χ1n) is 17.3. The summed E-state index contributed by atoms with van der Waals surface area (Å²) in [4.78, 5) is 61.4. The lowest BCUT2D eigenvalue weighted by Gasteiger charge is -2.36. The van der Waals surface area contributed by atoms with Crippen LogP contribution in [0.25, 0.3) is 0 Å². The summed E-state index contributed by atoms with van der Waals surface area (Å²) >= 11 is 0.987. The molecule has 0 radical (unpaired) electrons. The van der Waals surface area contributed by atoms with Gasteiger partial charge in [-0.2, -0.15) is 8.78 Å². The van der Waals surface area contributed by atoms with E-state index in [4.69, 9.17) is 4.74 Å². The summed E-state index contributed by atoms with van der Waals surface area (Å²) in [7, 11) is 3.29. The van der Waals surface area contributed by atoms with E-state index in [2.05, 4.69) is 37.1 Å². The van der Waals surface area contributed by atoms with Crippen LogP contribution in [-0.2, 0) is 20.3 Å². The van der Waals surface area contributed by atoms with Gasteiger partial charge in [0.1, 0.15) is 22.8 Å². The third-order valence-electron chi connectivity index (χ3n) is 10.0. The summed E-state index contributed by atoms with van der Waals surface area (Å²) in [5, 5.41) is 7.57. The predicted molar refractivity (Wildman–Crippen MR) is 189 cm³/mol. The number of carbonyl (C=O) groups excluding carboxylic acids is 4. The van der Waals surface area contributed by atoms with Gasteiger partial charge in [-0.25, -0.2) is 13.7 Å². The topological polar surface area (TPSA) is 146 Å². The molecule has 5 rings (SSSR count). The number of rotatable bonds is 12. The number of nitrogens with zero attached hydrogens (tertiary/aromatic N) is 4. The van der Waals surface area contributed by atoms with Gasteiger partial charge in [0.15, 0.2) is 0 Å². The minimum Gasteiger partial charge on any atom is -0.481 e. The van der Waals surface area contributed by atoms with Crippen molar-refractivity contribution in [3.8, 4) is 5.88 Å². The minimum atomic E-state index is -4.02. The van der Waals surface area contributed by atoms with Gasteiger partial charge >= 0.3 is 5.92 Å². The van der Waals surface area contributed by atoms with Crippen LogP contribution in [0.2, 0.25) is 0 Å². The van der Waals surface area contributed by atoms with Crippen molar-refractivity contribution in [2.45, 2.75) is 63.5 Å². The minimum absolute atomic E-state index is 0.0915. The van der Waals surface area contributed by atoms with Crippen molar-refractivity contribution >= 4 is 40.8 Å². The molecule has 3 heterocycles. The Hall–Kier alpha value is -4.57. The van der Waals surface area contributed by atoms with Crippen molar-refractivity contribution in [1.82, 2.24) is 29.8 Å². The first kappa shape index (κ1) is 38.7. The molecule has 12 nitrogen and oxygen atoms in total. The molecule has 1 aromatic carbocycles. The summed E-state index contributed by atoms with van der Waals surface area (Å²) in [6.45, 7) is 6.02.